The van der Waals surface area contributed by atoms with Crippen LogP contribution in [0.15, 0.2) is 0 Å². The molecule has 5 heteroatoms. The predicted octanol–water partition coefficient (Wildman–Crippen LogP) is 4.78. The second-order valence-electron chi connectivity index (χ2n) is 8.30. The van der Waals surface area contributed by atoms with Crippen LogP contribution in [0.25, 0.3) is 0 Å². The Morgan fingerprint density at radius 2 is 1.35 bits per heavy atom. The monoisotopic (exact) mass is 430 g/mol. The Kier molecular flexibility index (Phi) is 9.09. The van der Waals surface area contributed by atoms with Crippen molar-refractivity contribution in [1.82, 2.24) is 20.2 Å². The zero-order chi connectivity index (χ0) is 17.3. The van der Waals surface area contributed by atoms with Gasteiger partial charge in [0.25, 0.3) is 0 Å². The van der Waals surface area contributed by atoms with E-state index in [4.69, 9.17) is 5.10 Å². The van der Waals surface area contributed by atoms with Gasteiger partial charge in [-0.25, -0.2) is 0 Å². The summed E-state index contributed by atoms with van der Waals surface area (Å²) >= 11 is -2.48. The molecule has 0 fully saturated rings. The standard InChI is InChI=1S/C6H11N4.3C4H9.Sn/c1-6(2,3)4-10-8-5-7-9-10;3*1-3-4-2;/h4H2,1-3H3;3*1,3-4H2,2H3;. The third kappa shape index (κ3) is 7.10. The molecule has 134 valence electrons. The van der Waals surface area contributed by atoms with Crippen LogP contribution in [-0.4, -0.2) is 38.6 Å². The normalized spacial score (nSPS) is 12.8. The zero-order valence-electron chi connectivity index (χ0n) is 16.4. The van der Waals surface area contributed by atoms with Crippen LogP contribution in [-0.2, 0) is 6.54 Å². The van der Waals surface area contributed by atoms with E-state index < -0.39 is 18.4 Å². The molecule has 23 heavy (non-hydrogen) atoms. The van der Waals surface area contributed by atoms with Gasteiger partial charge in [0, 0.05) is 0 Å². The van der Waals surface area contributed by atoms with Gasteiger partial charge in [-0.2, -0.15) is 0 Å². The molecule has 1 aromatic rings. The van der Waals surface area contributed by atoms with Gasteiger partial charge in [-0.05, 0) is 0 Å². The summed E-state index contributed by atoms with van der Waals surface area (Å²) in [6, 6.07) is 0. The molecule has 0 atom stereocenters. The van der Waals surface area contributed by atoms with Gasteiger partial charge in [-0.15, -0.1) is 0 Å². The third-order valence-electron chi connectivity index (χ3n) is 4.57. The van der Waals surface area contributed by atoms with E-state index in [0.29, 0.717) is 0 Å². The van der Waals surface area contributed by atoms with Crippen LogP contribution in [0.3, 0.4) is 0 Å². The van der Waals surface area contributed by atoms with Crippen molar-refractivity contribution in [3.63, 3.8) is 0 Å². The molecule has 0 saturated heterocycles. The predicted molar refractivity (Wildman–Crippen MR) is 102 cm³/mol. The van der Waals surface area contributed by atoms with Crippen LogP contribution in [0.1, 0.15) is 80.1 Å². The molecule has 1 aromatic heterocycles. The van der Waals surface area contributed by atoms with Crippen molar-refractivity contribution in [3.05, 3.63) is 0 Å². The van der Waals surface area contributed by atoms with E-state index in [9.17, 15) is 0 Å². The van der Waals surface area contributed by atoms with Crippen molar-refractivity contribution in [3.8, 4) is 0 Å². The van der Waals surface area contributed by atoms with Gasteiger partial charge >= 0.3 is 148 Å². The molecular formula is C18H38N4Sn. The summed E-state index contributed by atoms with van der Waals surface area (Å²) in [6.07, 6.45) is 7.89. The van der Waals surface area contributed by atoms with Crippen molar-refractivity contribution in [2.45, 2.75) is 99.9 Å². The fourth-order valence-corrected chi connectivity index (χ4v) is 17.7. The molecule has 0 aliphatic heterocycles. The van der Waals surface area contributed by atoms with Gasteiger partial charge in [0.1, 0.15) is 0 Å². The maximum absolute atomic E-state index is 4.91. The fraction of sp³-hybridized carbons (Fsp3) is 0.944. The summed E-state index contributed by atoms with van der Waals surface area (Å²) in [5, 5.41) is 13.9. The first-order chi connectivity index (χ1) is 10.9. The quantitative estimate of drug-likeness (QED) is 0.476. The number of hydrogen-bond donors (Lipinski definition) is 0. The average molecular weight is 429 g/mol. The number of rotatable bonds is 11. The number of hydrogen-bond acceptors (Lipinski definition) is 3. The van der Waals surface area contributed by atoms with Gasteiger partial charge in [0.2, 0.25) is 0 Å². The number of aromatic nitrogens is 4. The van der Waals surface area contributed by atoms with Crippen LogP contribution in [0.5, 0.6) is 0 Å². The average Bonchev–Trinajstić information content (AvgIpc) is 2.94. The van der Waals surface area contributed by atoms with E-state index in [1.165, 1.54) is 55.7 Å². The molecule has 4 nitrogen and oxygen atoms in total. The summed E-state index contributed by atoms with van der Waals surface area (Å²) in [5.74, 6) is 0. The van der Waals surface area contributed by atoms with E-state index in [2.05, 4.69) is 51.9 Å². The summed E-state index contributed by atoms with van der Waals surface area (Å²) in [4.78, 5) is 1.87. The van der Waals surface area contributed by atoms with Crippen LogP contribution < -0.4 is 3.84 Å². The van der Waals surface area contributed by atoms with Crippen molar-refractivity contribution in [2.75, 3.05) is 0 Å². The van der Waals surface area contributed by atoms with Crippen molar-refractivity contribution < 1.29 is 0 Å². The Balaban J connectivity index is 3.03. The Bertz CT molecular complexity index is 415. The SMILES string of the molecule is CCC[CH2][Sn]([CH2]CCC)([CH2]CCC)[c]1nnn(CC(C)(C)C)n1. The topological polar surface area (TPSA) is 43.6 Å². The molecule has 0 N–H and O–H groups in total. The van der Waals surface area contributed by atoms with Crippen LogP contribution in [0.4, 0.5) is 0 Å². The van der Waals surface area contributed by atoms with E-state index >= 15 is 0 Å². The molecule has 1 rings (SSSR count). The molecule has 0 bridgehead atoms. The molecule has 0 aliphatic rings. The molecule has 0 amide bonds. The van der Waals surface area contributed by atoms with Gasteiger partial charge in [0.05, 0.1) is 0 Å². The maximum atomic E-state index is 4.91. The van der Waals surface area contributed by atoms with Crippen molar-refractivity contribution >= 4 is 22.2 Å². The van der Waals surface area contributed by atoms with Crippen LogP contribution in [0, 0.1) is 5.41 Å². The van der Waals surface area contributed by atoms with Gasteiger partial charge in [-0.3, -0.25) is 0 Å². The summed E-state index contributed by atoms with van der Waals surface area (Å²) in [7, 11) is 0. The Labute approximate surface area is 147 Å². The van der Waals surface area contributed by atoms with Gasteiger partial charge in [0.15, 0.2) is 0 Å². The minimum atomic E-state index is -2.48. The molecule has 1 heterocycles. The summed E-state index contributed by atoms with van der Waals surface area (Å²) in [5.41, 5.74) is 0.201. The Morgan fingerprint density at radius 1 is 0.870 bits per heavy atom. The van der Waals surface area contributed by atoms with E-state index in [1.54, 1.807) is 0 Å². The second kappa shape index (κ2) is 9.99. The van der Waals surface area contributed by atoms with Crippen LogP contribution in [0.2, 0.25) is 13.3 Å². The first kappa shape index (κ1) is 20.9. The van der Waals surface area contributed by atoms with Gasteiger partial charge < -0.3 is 0 Å². The Hall–Kier alpha value is -0.131. The third-order valence-corrected chi connectivity index (χ3v) is 19.1. The summed E-state index contributed by atoms with van der Waals surface area (Å²) < 4.78 is 5.43. The van der Waals surface area contributed by atoms with Crippen molar-refractivity contribution in [2.24, 2.45) is 5.41 Å². The fourth-order valence-electron chi connectivity index (χ4n) is 3.20. The number of unbranched alkanes of at least 4 members (excludes halogenated alkanes) is 3. The minimum absolute atomic E-state index is 0.201. The number of tetrazole rings is 1. The molecule has 0 unspecified atom stereocenters. The molecular weight excluding hydrogens is 391 g/mol. The van der Waals surface area contributed by atoms with E-state index in [1.807, 2.05) is 4.80 Å². The molecule has 0 aromatic carbocycles. The zero-order valence-corrected chi connectivity index (χ0v) is 19.2. The van der Waals surface area contributed by atoms with Crippen molar-refractivity contribution in [1.29, 1.82) is 0 Å². The van der Waals surface area contributed by atoms with Crippen LogP contribution >= 0.6 is 0 Å². The second-order valence-corrected chi connectivity index (χ2v) is 21.2. The molecule has 0 spiro atoms. The number of nitrogens with zero attached hydrogens (tertiary/aromatic N) is 4. The van der Waals surface area contributed by atoms with Gasteiger partial charge in [-0.1, -0.05) is 0 Å². The first-order valence-electron chi connectivity index (χ1n) is 9.65. The first-order valence-corrected chi connectivity index (χ1v) is 17.1. The molecule has 0 saturated carbocycles. The molecule has 0 radical (unpaired) electrons. The van der Waals surface area contributed by atoms with E-state index in [0.717, 1.165) is 6.54 Å². The Morgan fingerprint density at radius 3 is 1.74 bits per heavy atom. The summed E-state index contributed by atoms with van der Waals surface area (Å²) in [6.45, 7) is 14.5. The molecule has 0 aliphatic carbocycles. The van der Waals surface area contributed by atoms with E-state index in [-0.39, 0.29) is 5.41 Å².